The zero-order valence-electron chi connectivity index (χ0n) is 18.5. The summed E-state index contributed by atoms with van der Waals surface area (Å²) in [6.07, 6.45) is -0.589. The molecule has 9 nitrogen and oxygen atoms in total. The summed E-state index contributed by atoms with van der Waals surface area (Å²) in [6, 6.07) is 18.0. The fraction of sp³-hybridized carbons (Fsp3) is 0.250. The number of nitrogens with zero attached hydrogens (tertiary/aromatic N) is 1. The van der Waals surface area contributed by atoms with Crippen LogP contribution in [0.15, 0.2) is 60.7 Å². The van der Waals surface area contributed by atoms with E-state index in [0.717, 1.165) is 16.0 Å². The van der Waals surface area contributed by atoms with Gasteiger partial charge in [-0.25, -0.2) is 17.9 Å². The molecule has 182 valence electrons. The number of rotatable bonds is 6. The van der Waals surface area contributed by atoms with Gasteiger partial charge in [0.05, 0.1) is 4.88 Å². The Morgan fingerprint density at radius 2 is 1.74 bits per heavy atom. The molecular weight excluding hydrogens is 492 g/mol. The summed E-state index contributed by atoms with van der Waals surface area (Å²) >= 11 is 1.18. The Labute approximate surface area is 206 Å². The number of carbonyl (C=O) groups excluding carboxylic acids is 2. The third-order valence-electron chi connectivity index (χ3n) is 5.64. The van der Waals surface area contributed by atoms with Gasteiger partial charge in [0.1, 0.15) is 25.1 Å². The lowest BCUT2D eigenvalue weighted by atomic mass is 10.1. The first-order chi connectivity index (χ1) is 16.9. The van der Waals surface area contributed by atoms with E-state index in [1.165, 1.54) is 16.2 Å². The monoisotopic (exact) mass is 514 g/mol. The Balaban J connectivity index is 1.15. The van der Waals surface area contributed by atoms with Crippen LogP contribution in [0.3, 0.4) is 0 Å². The van der Waals surface area contributed by atoms with E-state index in [9.17, 15) is 18.0 Å². The van der Waals surface area contributed by atoms with Gasteiger partial charge in [0.25, 0.3) is 5.91 Å². The van der Waals surface area contributed by atoms with E-state index in [2.05, 4.69) is 4.72 Å². The molecule has 5 rings (SSSR count). The maximum absolute atomic E-state index is 12.6. The molecule has 2 aromatic carbocycles. The first kappa shape index (κ1) is 23.2. The lowest BCUT2D eigenvalue weighted by Crippen LogP contribution is -2.59. The topological polar surface area (TPSA) is 111 Å². The molecular formula is C24H22N2O7S2. The molecule has 2 amide bonds. The standard InChI is InChI=1S/C24H22N2O7S2/c27-23(22-9-8-21(34-22)17-6-7-19-20(12-17)32-11-10-31-19)25-35(29,30)18-13-26(14-18)24(28)33-15-16-4-2-1-3-5-16/h1-9,12,18H,10-11,13-15H2,(H,25,27). The molecule has 1 saturated heterocycles. The maximum Gasteiger partial charge on any atom is 0.410 e. The highest BCUT2D eigenvalue weighted by atomic mass is 32.2. The van der Waals surface area contributed by atoms with Crippen LogP contribution in [-0.2, 0) is 21.4 Å². The van der Waals surface area contributed by atoms with Gasteiger partial charge in [0.2, 0.25) is 10.0 Å². The minimum atomic E-state index is -3.95. The van der Waals surface area contributed by atoms with Crippen LogP contribution in [0.4, 0.5) is 4.79 Å². The molecule has 2 aliphatic heterocycles. The Kier molecular flexibility index (Phi) is 6.35. The van der Waals surface area contributed by atoms with Crippen LogP contribution in [0.5, 0.6) is 11.5 Å². The van der Waals surface area contributed by atoms with Gasteiger partial charge < -0.3 is 19.1 Å². The smallest absolute Gasteiger partial charge is 0.410 e. The fourth-order valence-corrected chi connectivity index (χ4v) is 5.92. The highest BCUT2D eigenvalue weighted by Gasteiger charge is 2.41. The highest BCUT2D eigenvalue weighted by molar-refractivity contribution is 7.90. The molecule has 0 radical (unpaired) electrons. The number of sulfonamides is 1. The molecule has 0 saturated carbocycles. The number of hydrogen-bond donors (Lipinski definition) is 1. The second kappa shape index (κ2) is 9.59. The van der Waals surface area contributed by atoms with Gasteiger partial charge in [-0.1, -0.05) is 30.3 Å². The summed E-state index contributed by atoms with van der Waals surface area (Å²) in [4.78, 5) is 27.1. The lowest BCUT2D eigenvalue weighted by Gasteiger charge is -2.37. The van der Waals surface area contributed by atoms with Crippen molar-refractivity contribution in [2.75, 3.05) is 26.3 Å². The average Bonchev–Trinajstić information content (AvgIpc) is 3.32. The van der Waals surface area contributed by atoms with Crippen LogP contribution in [0.2, 0.25) is 0 Å². The molecule has 0 bridgehead atoms. The van der Waals surface area contributed by atoms with E-state index in [-0.39, 0.29) is 24.6 Å². The Bertz CT molecular complexity index is 1350. The number of carbonyl (C=O) groups is 2. The average molecular weight is 515 g/mol. The van der Waals surface area contributed by atoms with Crippen LogP contribution in [0, 0.1) is 0 Å². The molecule has 0 spiro atoms. The first-order valence-electron chi connectivity index (χ1n) is 10.9. The predicted octanol–water partition coefficient (Wildman–Crippen LogP) is 3.27. The normalized spacial score (nSPS) is 15.3. The van der Waals surface area contributed by atoms with Crippen LogP contribution in [0.1, 0.15) is 15.2 Å². The molecule has 11 heteroatoms. The highest BCUT2D eigenvalue weighted by Crippen LogP contribution is 2.37. The van der Waals surface area contributed by atoms with Gasteiger partial charge >= 0.3 is 6.09 Å². The van der Waals surface area contributed by atoms with Crippen molar-refractivity contribution in [1.29, 1.82) is 0 Å². The van der Waals surface area contributed by atoms with E-state index in [4.69, 9.17) is 14.2 Å². The summed E-state index contributed by atoms with van der Waals surface area (Å²) in [5.74, 6) is 0.593. The second-order valence-electron chi connectivity index (χ2n) is 8.07. The van der Waals surface area contributed by atoms with Crippen LogP contribution >= 0.6 is 11.3 Å². The molecule has 1 aromatic heterocycles. The number of hydrogen-bond acceptors (Lipinski definition) is 8. The van der Waals surface area contributed by atoms with Gasteiger partial charge in [0.15, 0.2) is 11.5 Å². The molecule has 0 atom stereocenters. The number of nitrogens with one attached hydrogen (secondary N) is 1. The van der Waals surface area contributed by atoms with Crippen LogP contribution in [0.25, 0.3) is 10.4 Å². The maximum atomic E-state index is 12.6. The third-order valence-corrected chi connectivity index (χ3v) is 8.42. The van der Waals surface area contributed by atoms with Gasteiger partial charge in [-0.3, -0.25) is 4.79 Å². The van der Waals surface area contributed by atoms with Gasteiger partial charge in [-0.15, -0.1) is 11.3 Å². The zero-order valence-corrected chi connectivity index (χ0v) is 20.1. The van der Waals surface area contributed by atoms with Gasteiger partial charge in [-0.05, 0) is 41.5 Å². The Morgan fingerprint density at radius 1 is 1.00 bits per heavy atom. The van der Waals surface area contributed by atoms with E-state index in [0.29, 0.717) is 24.7 Å². The van der Waals surface area contributed by atoms with Crippen molar-refractivity contribution in [1.82, 2.24) is 9.62 Å². The van der Waals surface area contributed by atoms with Crippen molar-refractivity contribution >= 4 is 33.4 Å². The molecule has 2 aliphatic rings. The minimum absolute atomic E-state index is 0.0386. The fourth-order valence-electron chi connectivity index (χ4n) is 3.67. The SMILES string of the molecule is O=C(NS(=O)(=O)C1CN(C(=O)OCc2ccccc2)C1)c1ccc(-c2ccc3c(c2)OCCO3)s1. The quantitative estimate of drug-likeness (QED) is 0.537. The van der Waals surface area contributed by atoms with Gasteiger partial charge in [0, 0.05) is 18.0 Å². The van der Waals surface area contributed by atoms with Crippen LogP contribution < -0.4 is 14.2 Å². The number of amides is 2. The molecule has 3 heterocycles. The van der Waals surface area contributed by atoms with E-state index < -0.39 is 27.3 Å². The summed E-state index contributed by atoms with van der Waals surface area (Å²) in [6.45, 7) is 0.994. The molecule has 3 aromatic rings. The third kappa shape index (κ3) is 5.10. The number of ether oxygens (including phenoxy) is 3. The lowest BCUT2D eigenvalue weighted by molar-refractivity contribution is 0.0766. The van der Waals surface area contributed by atoms with E-state index in [1.807, 2.05) is 42.5 Å². The van der Waals surface area contributed by atoms with Crippen molar-refractivity contribution in [3.63, 3.8) is 0 Å². The van der Waals surface area contributed by atoms with E-state index in [1.54, 1.807) is 18.2 Å². The Hall–Kier alpha value is -3.57. The van der Waals surface area contributed by atoms with Crippen molar-refractivity contribution < 1.29 is 32.2 Å². The number of benzene rings is 2. The zero-order chi connectivity index (χ0) is 24.4. The Morgan fingerprint density at radius 3 is 2.51 bits per heavy atom. The number of thiophene rings is 1. The molecule has 1 fully saturated rings. The largest absolute Gasteiger partial charge is 0.486 e. The van der Waals surface area contributed by atoms with Gasteiger partial charge in [-0.2, -0.15) is 0 Å². The van der Waals surface area contributed by atoms with Crippen molar-refractivity contribution in [2.45, 2.75) is 11.9 Å². The minimum Gasteiger partial charge on any atom is -0.486 e. The summed E-state index contributed by atoms with van der Waals surface area (Å²) < 4.78 is 43.7. The number of likely N-dealkylation sites (tertiary alicyclic amines) is 1. The first-order valence-corrected chi connectivity index (χ1v) is 13.3. The predicted molar refractivity (Wildman–Crippen MR) is 129 cm³/mol. The molecule has 35 heavy (non-hydrogen) atoms. The van der Waals surface area contributed by atoms with Crippen molar-refractivity contribution in [2.24, 2.45) is 0 Å². The second-order valence-corrected chi connectivity index (χ2v) is 11.1. The van der Waals surface area contributed by atoms with E-state index >= 15 is 0 Å². The summed E-state index contributed by atoms with van der Waals surface area (Å²) in [7, 11) is -3.95. The summed E-state index contributed by atoms with van der Waals surface area (Å²) in [5.41, 5.74) is 1.68. The van der Waals surface area contributed by atoms with Crippen molar-refractivity contribution in [3.05, 3.63) is 71.1 Å². The molecule has 0 unspecified atom stereocenters. The summed E-state index contributed by atoms with van der Waals surface area (Å²) in [5, 5.41) is -0.882. The molecule has 1 N–H and O–H groups in total. The van der Waals surface area contributed by atoms with Crippen molar-refractivity contribution in [3.8, 4) is 21.9 Å². The molecule has 0 aliphatic carbocycles. The van der Waals surface area contributed by atoms with Crippen LogP contribution in [-0.4, -0.2) is 56.9 Å². The number of fused-ring (bicyclic) bond motifs is 1.